The third-order valence-electron chi connectivity index (χ3n) is 5.30. The molecule has 0 radical (unpaired) electrons. The molecule has 0 unspecified atom stereocenters. The van der Waals surface area contributed by atoms with Crippen LogP contribution in [0.1, 0.15) is 16.7 Å². The zero-order chi connectivity index (χ0) is 18.4. The first-order valence-electron chi connectivity index (χ1n) is 9.11. The second-order valence-corrected chi connectivity index (χ2v) is 6.80. The lowest BCUT2D eigenvalue weighted by Gasteiger charge is -2.18. The first-order valence-corrected chi connectivity index (χ1v) is 9.11. The van der Waals surface area contributed by atoms with Crippen molar-refractivity contribution in [2.75, 3.05) is 0 Å². The number of rotatable bonds is 4. The summed E-state index contributed by atoms with van der Waals surface area (Å²) in [7, 11) is 0. The quantitative estimate of drug-likeness (QED) is 0.429. The minimum absolute atomic E-state index is 1.13. The Morgan fingerprint density at radius 2 is 1.26 bits per heavy atom. The van der Waals surface area contributed by atoms with Crippen molar-refractivity contribution in [3.63, 3.8) is 0 Å². The number of fused-ring (bicyclic) bond motifs is 2. The van der Waals surface area contributed by atoms with E-state index in [0.717, 1.165) is 16.8 Å². The van der Waals surface area contributed by atoms with Gasteiger partial charge in [-0.2, -0.15) is 0 Å². The van der Waals surface area contributed by atoms with Crippen LogP contribution in [-0.2, 0) is 0 Å². The van der Waals surface area contributed by atoms with Crippen molar-refractivity contribution in [2.24, 2.45) is 0 Å². The molecule has 0 fully saturated rings. The van der Waals surface area contributed by atoms with Crippen molar-refractivity contribution >= 4 is 39.4 Å². The first-order chi connectivity index (χ1) is 13.3. The average molecular weight is 345 g/mol. The summed E-state index contributed by atoms with van der Waals surface area (Å²) in [5, 5.41) is 8.22. The third kappa shape index (κ3) is 2.40. The summed E-state index contributed by atoms with van der Waals surface area (Å²) in [6.45, 7) is 8.23. The first kappa shape index (κ1) is 15.7. The monoisotopic (exact) mass is 345 g/mol. The summed E-state index contributed by atoms with van der Waals surface area (Å²) in [5.41, 5.74) is 7.04. The van der Waals surface area contributed by atoms with Crippen LogP contribution >= 0.6 is 0 Å². The van der Waals surface area contributed by atoms with Gasteiger partial charge in [-0.25, -0.2) is 0 Å². The Morgan fingerprint density at radius 1 is 0.667 bits per heavy atom. The molecule has 1 N–H and O–H groups in total. The normalized spacial score (nSPS) is 12.5. The number of hydrogen-bond acceptors (Lipinski definition) is 1. The molecular formula is C26H19N. The van der Waals surface area contributed by atoms with Gasteiger partial charge in [-0.1, -0.05) is 86.0 Å². The summed E-state index contributed by atoms with van der Waals surface area (Å²) in [5.74, 6) is 0. The smallest absolute Gasteiger partial charge is 0.0629 e. The molecule has 27 heavy (non-hydrogen) atoms. The van der Waals surface area contributed by atoms with E-state index in [-0.39, 0.29) is 0 Å². The molecule has 0 aliphatic carbocycles. The van der Waals surface area contributed by atoms with Crippen LogP contribution in [-0.4, -0.2) is 0 Å². The summed E-state index contributed by atoms with van der Waals surface area (Å²) < 4.78 is 0. The standard InChI is InChI=1S/C26H19N/c1-3-20-21(4-2)26(24-16-27-24)23-12-8-7-11-22(23)25(20)19-14-13-17-9-5-6-10-18(17)15-19/h3-16,27H,1-2H2. The predicted molar refractivity (Wildman–Crippen MR) is 118 cm³/mol. The minimum atomic E-state index is 1.13. The van der Waals surface area contributed by atoms with Crippen LogP contribution in [0.4, 0.5) is 0 Å². The molecular weight excluding hydrogens is 326 g/mol. The molecule has 0 spiro atoms. The van der Waals surface area contributed by atoms with Gasteiger partial charge >= 0.3 is 0 Å². The highest BCUT2D eigenvalue weighted by Gasteiger charge is 2.22. The zero-order valence-electron chi connectivity index (χ0n) is 15.0. The Labute approximate surface area is 159 Å². The van der Waals surface area contributed by atoms with Gasteiger partial charge in [-0.3, -0.25) is 0 Å². The Kier molecular flexibility index (Phi) is 3.48. The molecule has 0 amide bonds. The maximum atomic E-state index is 4.13. The van der Waals surface area contributed by atoms with Crippen molar-refractivity contribution in [3.05, 3.63) is 103 Å². The molecule has 4 aromatic rings. The molecule has 0 atom stereocenters. The van der Waals surface area contributed by atoms with E-state index in [9.17, 15) is 0 Å². The van der Waals surface area contributed by atoms with Crippen LogP contribution in [0, 0.1) is 0 Å². The topological polar surface area (TPSA) is 21.9 Å². The van der Waals surface area contributed by atoms with E-state index in [2.05, 4.69) is 85.2 Å². The van der Waals surface area contributed by atoms with Gasteiger partial charge in [0.15, 0.2) is 0 Å². The largest absolute Gasteiger partial charge is 0.358 e. The Hall–Kier alpha value is -3.58. The zero-order valence-corrected chi connectivity index (χ0v) is 15.0. The van der Waals surface area contributed by atoms with E-state index in [1.165, 1.54) is 38.2 Å². The molecule has 0 bridgehead atoms. The summed E-state index contributed by atoms with van der Waals surface area (Å²) in [6.07, 6.45) is 5.95. The highest BCUT2D eigenvalue weighted by Crippen LogP contribution is 2.42. The Bertz CT molecular complexity index is 1270. The fraction of sp³-hybridized carbons (Fsp3) is 0. The molecule has 5 rings (SSSR count). The number of hydrogen-bond donors (Lipinski definition) is 1. The summed E-state index contributed by atoms with van der Waals surface area (Å²) in [4.78, 5) is 0. The molecule has 4 aromatic carbocycles. The molecule has 0 aromatic heterocycles. The van der Waals surface area contributed by atoms with E-state index in [4.69, 9.17) is 0 Å². The maximum Gasteiger partial charge on any atom is 0.0629 e. The van der Waals surface area contributed by atoms with Crippen LogP contribution in [0.25, 0.3) is 50.5 Å². The van der Waals surface area contributed by atoms with Gasteiger partial charge in [0.1, 0.15) is 0 Å². The van der Waals surface area contributed by atoms with E-state index >= 15 is 0 Å². The number of nitrogens with one attached hydrogen (secondary N) is 1. The summed E-state index contributed by atoms with van der Waals surface area (Å²) >= 11 is 0. The Morgan fingerprint density at radius 3 is 1.93 bits per heavy atom. The molecule has 0 saturated heterocycles. The van der Waals surface area contributed by atoms with Gasteiger partial charge < -0.3 is 5.32 Å². The van der Waals surface area contributed by atoms with Crippen molar-refractivity contribution in [1.29, 1.82) is 0 Å². The van der Waals surface area contributed by atoms with E-state index in [1.807, 2.05) is 18.4 Å². The second-order valence-electron chi connectivity index (χ2n) is 6.80. The van der Waals surface area contributed by atoms with Crippen molar-refractivity contribution in [3.8, 4) is 11.1 Å². The van der Waals surface area contributed by atoms with Gasteiger partial charge in [-0.15, -0.1) is 0 Å². The van der Waals surface area contributed by atoms with Crippen LogP contribution < -0.4 is 5.32 Å². The third-order valence-corrected chi connectivity index (χ3v) is 5.30. The number of benzene rings is 4. The Balaban J connectivity index is 1.93. The second kappa shape index (κ2) is 6.00. The molecule has 1 nitrogen and oxygen atoms in total. The molecule has 0 saturated carbocycles. The van der Waals surface area contributed by atoms with Gasteiger partial charge in [0.25, 0.3) is 0 Å². The van der Waals surface area contributed by atoms with Gasteiger partial charge in [0.2, 0.25) is 0 Å². The molecule has 1 aliphatic rings. The minimum Gasteiger partial charge on any atom is -0.358 e. The fourth-order valence-electron chi connectivity index (χ4n) is 4.03. The van der Waals surface area contributed by atoms with E-state index in [0.29, 0.717) is 0 Å². The maximum absolute atomic E-state index is 4.13. The fourth-order valence-corrected chi connectivity index (χ4v) is 4.03. The average Bonchev–Trinajstić information content (AvgIpc) is 3.56. The molecule has 1 heteroatoms. The van der Waals surface area contributed by atoms with Gasteiger partial charge in [0, 0.05) is 11.8 Å². The predicted octanol–water partition coefficient (Wildman–Crippen LogP) is 6.85. The molecule has 128 valence electrons. The molecule has 1 aliphatic heterocycles. The lowest BCUT2D eigenvalue weighted by molar-refractivity contribution is 1.44. The SMILES string of the molecule is C=Cc1c(C=C)c(-c2ccc3ccccc3c2)c2ccccc2c1C1=CN1. The highest BCUT2D eigenvalue weighted by molar-refractivity contribution is 6.10. The summed E-state index contributed by atoms with van der Waals surface area (Å²) in [6, 6.07) is 23.7. The van der Waals surface area contributed by atoms with Crippen molar-refractivity contribution in [2.45, 2.75) is 0 Å². The highest BCUT2D eigenvalue weighted by atomic mass is 15.0. The lowest BCUT2D eigenvalue weighted by Crippen LogP contribution is -1.97. The van der Waals surface area contributed by atoms with E-state index < -0.39 is 0 Å². The van der Waals surface area contributed by atoms with Crippen LogP contribution in [0.2, 0.25) is 0 Å². The molecule has 1 heterocycles. The van der Waals surface area contributed by atoms with Gasteiger partial charge in [-0.05, 0) is 49.9 Å². The van der Waals surface area contributed by atoms with Crippen molar-refractivity contribution < 1.29 is 0 Å². The van der Waals surface area contributed by atoms with Crippen molar-refractivity contribution in [1.82, 2.24) is 5.32 Å². The van der Waals surface area contributed by atoms with Crippen LogP contribution in [0.5, 0.6) is 0 Å². The lowest BCUT2D eigenvalue weighted by atomic mass is 9.85. The van der Waals surface area contributed by atoms with Crippen LogP contribution in [0.15, 0.2) is 86.1 Å². The van der Waals surface area contributed by atoms with Crippen LogP contribution in [0.3, 0.4) is 0 Å². The van der Waals surface area contributed by atoms with Gasteiger partial charge in [0.05, 0.1) is 5.70 Å². The van der Waals surface area contributed by atoms with E-state index in [1.54, 1.807) is 0 Å².